The average Bonchev–Trinajstić information content (AvgIpc) is 2.74. The van der Waals surface area contributed by atoms with E-state index < -0.39 is 17.9 Å². The molecule has 0 aliphatic heterocycles. The zero-order valence-electron chi connectivity index (χ0n) is 17.3. The fourth-order valence-corrected chi connectivity index (χ4v) is 2.80. The molecule has 0 unspecified atom stereocenters. The molecule has 2 aromatic carbocycles. The Kier molecular flexibility index (Phi) is 9.16. The Morgan fingerprint density at radius 2 is 1.47 bits per heavy atom. The highest BCUT2D eigenvalue weighted by molar-refractivity contribution is 6.30. The summed E-state index contributed by atoms with van der Waals surface area (Å²) in [5, 5.41) is 0.682. The van der Waals surface area contributed by atoms with Crippen molar-refractivity contribution in [2.45, 2.75) is 13.8 Å². The lowest BCUT2D eigenvalue weighted by atomic mass is 10.0. The highest BCUT2D eigenvalue weighted by Crippen LogP contribution is 2.24. The van der Waals surface area contributed by atoms with E-state index in [1.807, 2.05) is 54.6 Å². The van der Waals surface area contributed by atoms with Gasteiger partial charge in [0, 0.05) is 10.6 Å². The second-order valence-electron chi connectivity index (χ2n) is 6.23. The molecule has 0 amide bonds. The van der Waals surface area contributed by atoms with Crippen LogP contribution in [0.4, 0.5) is 0 Å². The molecule has 0 atom stereocenters. The Bertz CT molecular complexity index is 898. The van der Waals surface area contributed by atoms with Crippen LogP contribution < -0.4 is 4.74 Å². The minimum Gasteiger partial charge on any atom is -0.496 e. The predicted molar refractivity (Wildman–Crippen MR) is 119 cm³/mol. The quantitative estimate of drug-likeness (QED) is 0.309. The van der Waals surface area contributed by atoms with Crippen molar-refractivity contribution in [2.75, 3.05) is 20.3 Å². The molecule has 0 bridgehead atoms. The number of benzene rings is 2. The summed E-state index contributed by atoms with van der Waals surface area (Å²) in [6.45, 7) is 3.72. The summed E-state index contributed by atoms with van der Waals surface area (Å²) < 4.78 is 15.4. The zero-order chi connectivity index (χ0) is 21.9. The van der Waals surface area contributed by atoms with Gasteiger partial charge in [-0.3, -0.25) is 9.59 Å². The number of hydrogen-bond acceptors (Lipinski definition) is 5. The van der Waals surface area contributed by atoms with E-state index in [0.29, 0.717) is 16.3 Å². The van der Waals surface area contributed by atoms with E-state index in [2.05, 4.69) is 0 Å². The Morgan fingerprint density at radius 1 is 0.900 bits per heavy atom. The van der Waals surface area contributed by atoms with Crippen LogP contribution in [-0.4, -0.2) is 32.3 Å². The molecule has 6 heteroatoms. The molecule has 0 aliphatic carbocycles. The van der Waals surface area contributed by atoms with Crippen LogP contribution in [0.1, 0.15) is 30.5 Å². The second-order valence-corrected chi connectivity index (χ2v) is 6.66. The molecule has 0 spiro atoms. The van der Waals surface area contributed by atoms with Gasteiger partial charge < -0.3 is 14.2 Å². The van der Waals surface area contributed by atoms with Gasteiger partial charge in [-0.2, -0.15) is 0 Å². The van der Waals surface area contributed by atoms with E-state index in [1.54, 1.807) is 27.0 Å². The third-order valence-corrected chi connectivity index (χ3v) is 4.39. The van der Waals surface area contributed by atoms with Crippen LogP contribution in [0.15, 0.2) is 48.5 Å². The number of carbonyl (C=O) groups excluding carboxylic acids is 2. The number of methoxy groups -OCH3 is 1. The van der Waals surface area contributed by atoms with Crippen molar-refractivity contribution in [3.63, 3.8) is 0 Å². The highest BCUT2D eigenvalue weighted by atomic mass is 35.5. The molecule has 0 aromatic heterocycles. The third kappa shape index (κ3) is 6.78. The molecule has 2 aromatic rings. The minimum atomic E-state index is -1.14. The maximum absolute atomic E-state index is 12.2. The van der Waals surface area contributed by atoms with Gasteiger partial charge in [-0.25, -0.2) is 0 Å². The van der Waals surface area contributed by atoms with Gasteiger partial charge in [0.15, 0.2) is 5.92 Å². The summed E-state index contributed by atoms with van der Waals surface area (Å²) >= 11 is 5.92. The molecular weight excluding hydrogens is 404 g/mol. The molecule has 0 radical (unpaired) electrons. The molecule has 0 N–H and O–H groups in total. The van der Waals surface area contributed by atoms with Gasteiger partial charge in [-0.05, 0) is 49.2 Å². The summed E-state index contributed by atoms with van der Waals surface area (Å²) in [5.74, 6) is -1.82. The van der Waals surface area contributed by atoms with Gasteiger partial charge in [0.1, 0.15) is 5.75 Å². The first-order valence-corrected chi connectivity index (χ1v) is 9.99. The minimum absolute atomic E-state index is 0.177. The number of ether oxygens (including phenoxy) is 3. The Labute approximate surface area is 181 Å². The summed E-state index contributed by atoms with van der Waals surface area (Å²) in [6, 6.07) is 13.1. The van der Waals surface area contributed by atoms with Crippen LogP contribution in [0.3, 0.4) is 0 Å². The van der Waals surface area contributed by atoms with Crippen molar-refractivity contribution < 1.29 is 23.8 Å². The molecule has 0 heterocycles. The SMILES string of the molecule is CCOC(=O)C(/C=C/c1cc(/C=C/c2ccc(Cl)cc2)ccc1OC)C(=O)OCC. The topological polar surface area (TPSA) is 61.8 Å². The lowest BCUT2D eigenvalue weighted by Crippen LogP contribution is -2.26. The lowest BCUT2D eigenvalue weighted by molar-refractivity contribution is -0.158. The molecular formula is C24H25ClO5. The summed E-state index contributed by atoms with van der Waals surface area (Å²) in [5.41, 5.74) is 2.65. The molecule has 0 fully saturated rings. The number of halogens is 1. The summed E-state index contributed by atoms with van der Waals surface area (Å²) in [7, 11) is 1.56. The van der Waals surface area contributed by atoms with Gasteiger partial charge in [-0.1, -0.05) is 54.1 Å². The zero-order valence-corrected chi connectivity index (χ0v) is 18.0. The van der Waals surface area contributed by atoms with Crippen molar-refractivity contribution in [1.29, 1.82) is 0 Å². The van der Waals surface area contributed by atoms with Gasteiger partial charge in [0.25, 0.3) is 0 Å². The standard InChI is InChI=1S/C24H25ClO5/c1-4-29-23(26)21(24(27)30-5-2)14-11-19-16-18(10-15-22(19)28-3)7-6-17-8-12-20(25)13-9-17/h6-16,21H,4-5H2,1-3H3/b7-6+,14-11+. The van der Waals surface area contributed by atoms with Crippen molar-refractivity contribution in [1.82, 2.24) is 0 Å². The number of rotatable bonds is 9. The fraction of sp³-hybridized carbons (Fsp3) is 0.250. The molecule has 158 valence electrons. The molecule has 2 rings (SSSR count). The van der Waals surface area contributed by atoms with E-state index in [9.17, 15) is 9.59 Å². The average molecular weight is 429 g/mol. The first-order chi connectivity index (χ1) is 14.5. The maximum atomic E-state index is 12.2. The summed E-state index contributed by atoms with van der Waals surface area (Å²) in [6.07, 6.45) is 7.05. The molecule has 0 saturated carbocycles. The van der Waals surface area contributed by atoms with E-state index in [0.717, 1.165) is 11.1 Å². The van der Waals surface area contributed by atoms with Crippen LogP contribution in [0, 0.1) is 5.92 Å². The molecule has 5 nitrogen and oxygen atoms in total. The lowest BCUT2D eigenvalue weighted by Gasteiger charge is -2.11. The van der Waals surface area contributed by atoms with Gasteiger partial charge in [0.2, 0.25) is 0 Å². The van der Waals surface area contributed by atoms with E-state index >= 15 is 0 Å². The first-order valence-electron chi connectivity index (χ1n) is 9.61. The van der Waals surface area contributed by atoms with Crippen molar-refractivity contribution >= 4 is 41.8 Å². The highest BCUT2D eigenvalue weighted by Gasteiger charge is 2.26. The predicted octanol–water partition coefficient (Wildman–Crippen LogP) is 5.27. The molecule has 0 aliphatic rings. The third-order valence-electron chi connectivity index (χ3n) is 4.14. The van der Waals surface area contributed by atoms with Crippen molar-refractivity contribution in [2.24, 2.45) is 5.92 Å². The fourth-order valence-electron chi connectivity index (χ4n) is 2.67. The monoisotopic (exact) mass is 428 g/mol. The smallest absolute Gasteiger partial charge is 0.324 e. The van der Waals surface area contributed by atoms with Crippen LogP contribution >= 0.6 is 11.6 Å². The maximum Gasteiger partial charge on any atom is 0.324 e. The van der Waals surface area contributed by atoms with Crippen LogP contribution in [0.5, 0.6) is 5.75 Å². The number of hydrogen-bond donors (Lipinski definition) is 0. The van der Waals surface area contributed by atoms with Crippen LogP contribution in [0.2, 0.25) is 5.02 Å². The largest absolute Gasteiger partial charge is 0.496 e. The Morgan fingerprint density at radius 3 is 2.03 bits per heavy atom. The van der Waals surface area contributed by atoms with Gasteiger partial charge >= 0.3 is 11.9 Å². The van der Waals surface area contributed by atoms with Gasteiger partial charge in [0.05, 0.1) is 20.3 Å². The molecule has 0 saturated heterocycles. The number of carbonyl (C=O) groups is 2. The van der Waals surface area contributed by atoms with Gasteiger partial charge in [-0.15, -0.1) is 0 Å². The number of esters is 2. The normalized spacial score (nSPS) is 11.2. The summed E-state index contributed by atoms with van der Waals surface area (Å²) in [4.78, 5) is 24.3. The second kappa shape index (κ2) is 11.8. The van der Waals surface area contributed by atoms with Crippen molar-refractivity contribution in [3.05, 3.63) is 70.3 Å². The van der Waals surface area contributed by atoms with E-state index in [1.165, 1.54) is 6.08 Å². The van der Waals surface area contributed by atoms with Crippen molar-refractivity contribution in [3.8, 4) is 5.75 Å². The van der Waals surface area contributed by atoms with Crippen LogP contribution in [-0.2, 0) is 19.1 Å². The Balaban J connectivity index is 2.29. The molecule has 30 heavy (non-hydrogen) atoms. The van der Waals surface area contributed by atoms with Crippen LogP contribution in [0.25, 0.3) is 18.2 Å². The first kappa shape index (κ1) is 23.2. The Hall–Kier alpha value is -3.05. The van der Waals surface area contributed by atoms with E-state index in [4.69, 9.17) is 25.8 Å². The van der Waals surface area contributed by atoms with E-state index in [-0.39, 0.29) is 13.2 Å².